The quantitative estimate of drug-likeness (QED) is 0.521. The zero-order valence-corrected chi connectivity index (χ0v) is 13.7. The molecule has 124 valence electrons. The molecule has 0 saturated carbocycles. The number of carbonyl (C=O) groups is 2. The Labute approximate surface area is 142 Å². The van der Waals surface area contributed by atoms with E-state index in [1.165, 1.54) is 18.2 Å². The van der Waals surface area contributed by atoms with Gasteiger partial charge >= 0.3 is 17.6 Å². The number of hydrogen-bond donors (Lipinski definition) is 0. The van der Waals surface area contributed by atoms with Gasteiger partial charge in [0, 0.05) is 17.2 Å². The first kappa shape index (κ1) is 18.9. The van der Waals surface area contributed by atoms with Crippen LogP contribution in [-0.2, 0) is 19.1 Å². The lowest BCUT2D eigenvalue weighted by Gasteiger charge is -2.06. The Hall–Kier alpha value is -2.12. The lowest BCUT2D eigenvalue weighted by Crippen LogP contribution is -2.17. The molecule has 0 heterocycles. The highest BCUT2D eigenvalue weighted by Gasteiger charge is 2.22. The van der Waals surface area contributed by atoms with Crippen molar-refractivity contribution in [2.24, 2.45) is 0 Å². The van der Waals surface area contributed by atoms with Crippen LogP contribution in [0.25, 0.3) is 0 Å². The van der Waals surface area contributed by atoms with Gasteiger partial charge in [0.25, 0.3) is 4.92 Å². The van der Waals surface area contributed by atoms with E-state index in [-0.39, 0.29) is 39.4 Å². The zero-order chi connectivity index (χ0) is 17.4. The van der Waals surface area contributed by atoms with E-state index < -0.39 is 18.5 Å². The molecule has 0 fully saturated rings. The third kappa shape index (κ3) is 6.25. The smallest absolute Gasteiger partial charge is 0.344 e. The van der Waals surface area contributed by atoms with Gasteiger partial charge in [0.15, 0.2) is 13.2 Å². The Bertz CT molecular complexity index is 632. The molecule has 1 aromatic carbocycles. The Morgan fingerprint density at radius 1 is 1.26 bits per heavy atom. The van der Waals surface area contributed by atoms with E-state index in [2.05, 4.69) is 11.3 Å². The second-order valence-corrected chi connectivity index (χ2v) is 5.03. The van der Waals surface area contributed by atoms with Gasteiger partial charge in [0.2, 0.25) is 0 Å². The highest BCUT2D eigenvalue weighted by atomic mass is 35.5. The van der Waals surface area contributed by atoms with E-state index in [0.29, 0.717) is 0 Å². The SMILES string of the molecule is C=C(Cl)COC(=O)COC(=O)c1cc([N+](=O)OCC)ccc1Cl. The number of benzene rings is 1. The molecule has 0 atom stereocenters. The summed E-state index contributed by atoms with van der Waals surface area (Å²) in [6.45, 7) is 4.32. The minimum absolute atomic E-state index is 0.0595. The van der Waals surface area contributed by atoms with E-state index >= 15 is 0 Å². The van der Waals surface area contributed by atoms with Crippen LogP contribution in [0.1, 0.15) is 17.3 Å². The Kier molecular flexibility index (Phi) is 7.50. The Balaban J connectivity index is 2.72. The van der Waals surface area contributed by atoms with Crippen LogP contribution in [-0.4, -0.2) is 36.7 Å². The normalized spacial score (nSPS) is 9.87. The second kappa shape index (κ2) is 9.12. The molecule has 0 amide bonds. The Morgan fingerprint density at radius 2 is 1.96 bits per heavy atom. The summed E-state index contributed by atoms with van der Waals surface area (Å²) in [5, 5.41) is 0.193. The van der Waals surface area contributed by atoms with Gasteiger partial charge in [-0.15, -0.1) is 0 Å². The summed E-state index contributed by atoms with van der Waals surface area (Å²) < 4.78 is 9.42. The van der Waals surface area contributed by atoms with Crippen LogP contribution in [0.4, 0.5) is 5.69 Å². The van der Waals surface area contributed by atoms with Gasteiger partial charge in [-0.25, -0.2) is 14.4 Å². The molecule has 0 aliphatic carbocycles. The number of nitrogens with zero attached hydrogens (tertiary/aromatic N) is 1. The van der Waals surface area contributed by atoms with E-state index in [4.69, 9.17) is 32.8 Å². The summed E-state index contributed by atoms with van der Waals surface area (Å²) in [7, 11) is 0. The molecule has 0 spiro atoms. The fourth-order valence-corrected chi connectivity index (χ4v) is 1.63. The minimum atomic E-state index is -0.886. The average Bonchev–Trinajstić information content (AvgIpc) is 2.51. The number of hydrogen-bond acceptors (Lipinski definition) is 6. The first-order chi connectivity index (χ1) is 10.8. The van der Waals surface area contributed by atoms with Crippen LogP contribution in [0.15, 0.2) is 29.8 Å². The van der Waals surface area contributed by atoms with Crippen molar-refractivity contribution < 1.29 is 28.8 Å². The number of rotatable bonds is 8. The molecule has 0 aliphatic rings. The molecule has 0 aromatic heterocycles. The van der Waals surface area contributed by atoms with Crippen molar-refractivity contribution in [2.75, 3.05) is 19.8 Å². The van der Waals surface area contributed by atoms with Crippen molar-refractivity contribution in [1.82, 2.24) is 0 Å². The van der Waals surface area contributed by atoms with Crippen LogP contribution in [0, 0.1) is 4.91 Å². The van der Waals surface area contributed by atoms with E-state index in [0.717, 1.165) is 0 Å². The number of carbonyl (C=O) groups excluding carboxylic acids is 2. The van der Waals surface area contributed by atoms with Crippen molar-refractivity contribution >= 4 is 40.8 Å². The first-order valence-corrected chi connectivity index (χ1v) is 7.16. The van der Waals surface area contributed by atoms with E-state index in [1.807, 2.05) is 0 Å². The third-order valence-corrected chi connectivity index (χ3v) is 2.78. The monoisotopic (exact) mass is 362 g/mol. The van der Waals surface area contributed by atoms with Crippen LogP contribution in [0.5, 0.6) is 0 Å². The lowest BCUT2D eigenvalue weighted by molar-refractivity contribution is -0.744. The van der Waals surface area contributed by atoms with Gasteiger partial charge in [0.1, 0.15) is 6.61 Å². The average molecular weight is 363 g/mol. The van der Waals surface area contributed by atoms with Gasteiger partial charge in [-0.1, -0.05) is 29.8 Å². The molecule has 0 aliphatic heterocycles. The molecule has 9 heteroatoms. The van der Waals surface area contributed by atoms with Crippen molar-refractivity contribution in [2.45, 2.75) is 6.92 Å². The highest BCUT2D eigenvalue weighted by Crippen LogP contribution is 2.23. The van der Waals surface area contributed by atoms with Crippen LogP contribution >= 0.6 is 23.2 Å². The lowest BCUT2D eigenvalue weighted by atomic mass is 10.2. The Morgan fingerprint density at radius 3 is 2.57 bits per heavy atom. The maximum atomic E-state index is 11.9. The zero-order valence-electron chi connectivity index (χ0n) is 12.2. The second-order valence-electron chi connectivity index (χ2n) is 4.09. The fraction of sp³-hybridized carbons (Fsp3) is 0.286. The summed E-state index contributed by atoms with van der Waals surface area (Å²) in [6, 6.07) is 3.91. The predicted octanol–water partition coefficient (Wildman–Crippen LogP) is 3.15. The van der Waals surface area contributed by atoms with Gasteiger partial charge in [-0.05, 0) is 13.0 Å². The minimum Gasteiger partial charge on any atom is -0.457 e. The van der Waals surface area contributed by atoms with Gasteiger partial charge in [-0.3, -0.25) is 0 Å². The molecule has 0 bridgehead atoms. The molecule has 1 aromatic rings. The largest absolute Gasteiger partial charge is 0.457 e. The fourth-order valence-electron chi connectivity index (χ4n) is 1.38. The van der Waals surface area contributed by atoms with E-state index in [1.54, 1.807) is 6.92 Å². The summed E-state index contributed by atoms with van der Waals surface area (Å²) in [5.41, 5.74) is -0.0245. The van der Waals surface area contributed by atoms with Crippen LogP contribution in [0.3, 0.4) is 0 Å². The topological polar surface area (TPSA) is 81.9 Å². The van der Waals surface area contributed by atoms with Crippen LogP contribution in [0.2, 0.25) is 5.02 Å². The molecule has 1 rings (SSSR count). The molecule has 0 radical (unpaired) electrons. The van der Waals surface area contributed by atoms with Crippen molar-refractivity contribution in [3.8, 4) is 0 Å². The van der Waals surface area contributed by atoms with Gasteiger partial charge < -0.3 is 9.47 Å². The van der Waals surface area contributed by atoms with Crippen molar-refractivity contribution in [3.05, 3.63) is 45.3 Å². The summed E-state index contributed by atoms with van der Waals surface area (Å²) in [6.07, 6.45) is 0. The number of esters is 2. The molecule has 0 unspecified atom stereocenters. The predicted molar refractivity (Wildman–Crippen MR) is 82.6 cm³/mol. The first-order valence-electron chi connectivity index (χ1n) is 6.41. The molecule has 7 nitrogen and oxygen atoms in total. The molecular formula is C14H14Cl2NO6+. The molecule has 23 heavy (non-hydrogen) atoms. The maximum Gasteiger partial charge on any atom is 0.344 e. The highest BCUT2D eigenvalue weighted by molar-refractivity contribution is 6.33. The molecular weight excluding hydrogens is 349 g/mol. The maximum absolute atomic E-state index is 11.9. The standard InChI is InChI=1S/C14H14Cl2NO6/c1-3-23-17(20)10-4-5-12(16)11(6-10)14(19)22-8-13(18)21-7-9(2)15/h4-6H,2-3,7-8H2,1H3/q+1. The summed E-state index contributed by atoms with van der Waals surface area (Å²) in [5.74, 6) is -1.68. The van der Waals surface area contributed by atoms with E-state index in [9.17, 15) is 14.5 Å². The third-order valence-electron chi connectivity index (χ3n) is 2.34. The van der Waals surface area contributed by atoms with Crippen LogP contribution < -0.4 is 0 Å². The molecule has 0 N–H and O–H groups in total. The summed E-state index contributed by atoms with van der Waals surface area (Å²) >= 11 is 11.3. The summed E-state index contributed by atoms with van der Waals surface area (Å²) in [4.78, 5) is 39.8. The number of ether oxygens (including phenoxy) is 2. The van der Waals surface area contributed by atoms with Gasteiger partial charge in [-0.2, -0.15) is 0 Å². The number of halogens is 2. The van der Waals surface area contributed by atoms with Gasteiger partial charge in [0.05, 0.1) is 15.5 Å². The molecule has 0 saturated heterocycles. The van der Waals surface area contributed by atoms with Crippen molar-refractivity contribution in [1.29, 1.82) is 0 Å². The van der Waals surface area contributed by atoms with Crippen molar-refractivity contribution in [3.63, 3.8) is 0 Å².